The van der Waals surface area contributed by atoms with E-state index in [9.17, 15) is 8.78 Å². The minimum Gasteiger partial charge on any atom is -0.192 e. The molecule has 0 aliphatic carbocycles. The lowest BCUT2D eigenvalue weighted by molar-refractivity contribution is 0.121. The van der Waals surface area contributed by atoms with Crippen LogP contribution in [0.5, 0.6) is 0 Å². The van der Waals surface area contributed by atoms with E-state index in [-0.39, 0.29) is 0 Å². The Hall–Kier alpha value is 0.630. The molecule has 0 aromatic carbocycles. The maximum Gasteiger partial charge on any atom is 0.317 e. The molecule has 7 heavy (non-hydrogen) atoms. The zero-order chi connectivity index (χ0) is 6.08. The molecule has 0 nitrogen and oxygen atoms in total. The summed E-state index contributed by atoms with van der Waals surface area (Å²) in [5.74, 6) is 0. The van der Waals surface area contributed by atoms with Gasteiger partial charge in [-0.3, -0.25) is 0 Å². The zero-order valence-electron chi connectivity index (χ0n) is 3.30. The van der Waals surface area contributed by atoms with Gasteiger partial charge in [0.2, 0.25) is 0 Å². The van der Waals surface area contributed by atoms with Gasteiger partial charge in [-0.05, 0) is 22.9 Å². The largest absolute Gasteiger partial charge is 0.317 e. The lowest BCUT2D eigenvalue weighted by Crippen LogP contribution is -2.17. The van der Waals surface area contributed by atoms with Gasteiger partial charge in [0.25, 0.3) is 0 Å². The number of rotatable bonds is 1. The van der Waals surface area contributed by atoms with Gasteiger partial charge in [-0.2, -0.15) is 8.78 Å². The lowest BCUT2D eigenvalue weighted by atomic mass is 10.5. The van der Waals surface area contributed by atoms with Crippen LogP contribution in [0, 0.1) is 6.92 Å². The Bertz CT molecular complexity index is 58.4. The molecule has 4 heteroatoms. The van der Waals surface area contributed by atoms with Crippen molar-refractivity contribution in [3.63, 3.8) is 0 Å². The minimum atomic E-state index is -3.03. The van der Waals surface area contributed by atoms with Gasteiger partial charge in [-0.15, -0.1) is 11.6 Å². The maximum atomic E-state index is 11.6. The fraction of sp³-hybridized carbons (Fsp3) is 0.667. The summed E-state index contributed by atoms with van der Waals surface area (Å²) in [5.41, 5.74) is 0. The topological polar surface area (TPSA) is 0 Å². The first kappa shape index (κ1) is 7.63. The Morgan fingerprint density at radius 1 is 1.71 bits per heavy atom. The fourth-order valence-corrected chi connectivity index (χ4v) is 0. The summed E-state index contributed by atoms with van der Waals surface area (Å²) in [6, 6.07) is 0. The van der Waals surface area contributed by atoms with E-state index in [1.54, 1.807) is 0 Å². The molecule has 0 rings (SSSR count). The van der Waals surface area contributed by atoms with E-state index < -0.39 is 10.2 Å². The number of halogens is 4. The minimum absolute atomic E-state index is 1.40. The van der Waals surface area contributed by atoms with E-state index in [0.717, 1.165) is 0 Å². The molecule has 0 spiro atoms. The average Bonchev–Trinajstić information content (AvgIpc) is 1.31. The molecule has 0 N–H and O–H groups in total. The van der Waals surface area contributed by atoms with Crippen LogP contribution in [0.1, 0.15) is 0 Å². The van der Waals surface area contributed by atoms with Crippen molar-refractivity contribution in [1.29, 1.82) is 0 Å². The summed E-state index contributed by atoms with van der Waals surface area (Å²) >= 11 is 6.86. The molecule has 0 amide bonds. The van der Waals surface area contributed by atoms with Gasteiger partial charge < -0.3 is 0 Å². The van der Waals surface area contributed by atoms with E-state index in [2.05, 4.69) is 6.92 Å². The van der Waals surface area contributed by atoms with Crippen LogP contribution in [0.2, 0.25) is 0 Å². The zero-order valence-corrected chi connectivity index (χ0v) is 5.64. The van der Waals surface area contributed by atoms with Gasteiger partial charge in [-0.1, -0.05) is 0 Å². The van der Waals surface area contributed by atoms with Gasteiger partial charge in [0.15, 0.2) is 0 Å². The van der Waals surface area contributed by atoms with Crippen molar-refractivity contribution in [2.45, 2.75) is 10.2 Å². The third kappa shape index (κ3) is 3.23. The van der Waals surface area contributed by atoms with Crippen LogP contribution in [0.3, 0.4) is 0 Å². The van der Waals surface area contributed by atoms with E-state index in [1.807, 2.05) is 15.9 Å². The van der Waals surface area contributed by atoms with Crippen LogP contribution in [0.4, 0.5) is 8.78 Å². The Morgan fingerprint density at radius 2 is 1.86 bits per heavy atom. The summed E-state index contributed by atoms with van der Waals surface area (Å²) < 4.78 is 23.1. The number of hydrogen-bond donors (Lipinski definition) is 0. The van der Waals surface area contributed by atoms with Crippen molar-refractivity contribution in [1.82, 2.24) is 0 Å². The molecule has 0 aromatic rings. The van der Waals surface area contributed by atoms with Crippen molar-refractivity contribution >= 4 is 27.5 Å². The van der Waals surface area contributed by atoms with E-state index >= 15 is 0 Å². The molecule has 0 aliphatic rings. The highest BCUT2D eigenvalue weighted by atomic mass is 79.9. The first-order chi connectivity index (χ1) is 2.94. The van der Waals surface area contributed by atoms with Crippen LogP contribution in [-0.2, 0) is 0 Å². The molecule has 1 unspecified atom stereocenters. The first-order valence-corrected chi connectivity index (χ1v) is 2.71. The van der Waals surface area contributed by atoms with Gasteiger partial charge in [0.05, 0.1) is 0 Å². The summed E-state index contributed by atoms with van der Waals surface area (Å²) in [7, 11) is 0. The van der Waals surface area contributed by atoms with Crippen LogP contribution in [-0.4, -0.2) is 10.2 Å². The highest BCUT2D eigenvalue weighted by molar-refractivity contribution is 9.10. The predicted molar refractivity (Wildman–Crippen MR) is 28.9 cm³/mol. The number of hydrogen-bond acceptors (Lipinski definition) is 0. The highest BCUT2D eigenvalue weighted by Gasteiger charge is 2.30. The van der Waals surface area contributed by atoms with E-state index in [0.29, 0.717) is 0 Å². The molecule has 0 saturated heterocycles. The molecule has 1 radical (unpaired) electrons. The normalized spacial score (nSPS) is 16.7. The smallest absolute Gasteiger partial charge is 0.192 e. The van der Waals surface area contributed by atoms with Crippen molar-refractivity contribution in [2.75, 3.05) is 0 Å². The third-order valence-electron chi connectivity index (χ3n) is 0.355. The Balaban J connectivity index is 3.54. The Labute approximate surface area is 54.0 Å². The lowest BCUT2D eigenvalue weighted by Gasteiger charge is -2.07. The van der Waals surface area contributed by atoms with Gasteiger partial charge in [-0.25, -0.2) is 0 Å². The van der Waals surface area contributed by atoms with Gasteiger partial charge in [0, 0.05) is 0 Å². The van der Waals surface area contributed by atoms with E-state index in [4.69, 9.17) is 11.6 Å². The average molecular weight is 192 g/mol. The monoisotopic (exact) mass is 191 g/mol. The molecule has 0 aromatic heterocycles. The summed E-state index contributed by atoms with van der Waals surface area (Å²) in [6.07, 6.45) is 0. The molecule has 0 heterocycles. The summed E-state index contributed by atoms with van der Waals surface area (Å²) in [5, 5.41) is -1.40. The molecule has 43 valence electrons. The quantitative estimate of drug-likeness (QED) is 0.560. The summed E-state index contributed by atoms with van der Waals surface area (Å²) in [4.78, 5) is -3.03. The highest BCUT2D eigenvalue weighted by Crippen LogP contribution is 2.28. The van der Waals surface area contributed by atoms with Crippen LogP contribution in [0.15, 0.2) is 0 Å². The summed E-state index contributed by atoms with van der Waals surface area (Å²) in [6.45, 7) is 2.88. The van der Waals surface area contributed by atoms with Crippen molar-refractivity contribution in [2.24, 2.45) is 0 Å². The first-order valence-electron chi connectivity index (χ1n) is 1.48. The van der Waals surface area contributed by atoms with Crippen LogP contribution >= 0.6 is 27.5 Å². The Kier molecular flexibility index (Phi) is 2.47. The predicted octanol–water partition coefficient (Wildman–Crippen LogP) is 2.42. The molecular weight excluding hydrogens is 189 g/mol. The molecular formula is C3H3BrClF2. The van der Waals surface area contributed by atoms with Crippen LogP contribution in [0.25, 0.3) is 0 Å². The maximum absolute atomic E-state index is 11.6. The van der Waals surface area contributed by atoms with Crippen LogP contribution < -0.4 is 0 Å². The third-order valence-corrected chi connectivity index (χ3v) is 1.45. The fourth-order valence-electron chi connectivity index (χ4n) is 0. The second kappa shape index (κ2) is 2.27. The van der Waals surface area contributed by atoms with Gasteiger partial charge in [0.1, 0.15) is 5.38 Å². The molecule has 0 fully saturated rings. The standard InChI is InChI=1S/C3H3BrClF2/c1-2(5)3(4,6)7/h2H,1H2. The van der Waals surface area contributed by atoms with E-state index in [1.165, 1.54) is 0 Å². The second-order valence-corrected chi connectivity index (χ2v) is 2.59. The van der Waals surface area contributed by atoms with Crippen molar-refractivity contribution in [3.05, 3.63) is 6.92 Å². The van der Waals surface area contributed by atoms with Gasteiger partial charge >= 0.3 is 4.83 Å². The van der Waals surface area contributed by atoms with Crippen molar-refractivity contribution < 1.29 is 8.78 Å². The second-order valence-electron chi connectivity index (χ2n) is 1.01. The number of alkyl halides is 4. The van der Waals surface area contributed by atoms with Crippen molar-refractivity contribution in [3.8, 4) is 0 Å². The molecule has 0 bridgehead atoms. The molecule has 1 atom stereocenters. The molecule has 0 aliphatic heterocycles. The SMILES string of the molecule is [CH2]C(Cl)C(F)(F)Br. The molecule has 0 saturated carbocycles. The Morgan fingerprint density at radius 3 is 1.86 bits per heavy atom.